The van der Waals surface area contributed by atoms with Crippen LogP contribution in [0.5, 0.6) is 0 Å². The van der Waals surface area contributed by atoms with E-state index in [0.29, 0.717) is 16.3 Å². The summed E-state index contributed by atoms with van der Waals surface area (Å²) in [5.41, 5.74) is 0.839. The Hall–Kier alpha value is -0.610. The summed E-state index contributed by atoms with van der Waals surface area (Å²) in [5, 5.41) is 11.2. The highest BCUT2D eigenvalue weighted by Gasteiger charge is 2.14. The molecule has 0 aromatic heterocycles. The van der Waals surface area contributed by atoms with E-state index in [1.54, 1.807) is 12.1 Å². The highest BCUT2D eigenvalue weighted by Crippen LogP contribution is 2.25. The molecule has 15 heavy (non-hydrogen) atoms. The van der Waals surface area contributed by atoms with Gasteiger partial charge in [0.05, 0.1) is 4.92 Å². The zero-order chi connectivity index (χ0) is 11.4. The largest absolute Gasteiger partial charge is 0.274 e. The van der Waals surface area contributed by atoms with Crippen LogP contribution in [0.2, 0.25) is 5.02 Å². The quantitative estimate of drug-likeness (QED) is 0.479. The van der Waals surface area contributed by atoms with Crippen molar-refractivity contribution in [3.05, 3.63) is 38.9 Å². The molecule has 1 aromatic rings. The number of hydrogen-bond acceptors (Lipinski definition) is 2. The van der Waals surface area contributed by atoms with Crippen molar-refractivity contribution in [2.45, 2.75) is 24.6 Å². The lowest BCUT2D eigenvalue weighted by Crippen LogP contribution is -1.99. The van der Waals surface area contributed by atoms with E-state index in [1.165, 1.54) is 6.07 Å². The molecule has 3 nitrogen and oxygen atoms in total. The van der Waals surface area contributed by atoms with Gasteiger partial charge in [0, 0.05) is 21.5 Å². The Morgan fingerprint density at radius 2 is 2.27 bits per heavy atom. The third kappa shape index (κ3) is 3.80. The van der Waals surface area contributed by atoms with E-state index >= 15 is 0 Å². The molecule has 0 bridgehead atoms. The van der Waals surface area contributed by atoms with Crippen LogP contribution in [-0.4, -0.2) is 9.75 Å². The molecular formula is C10H11BrClNO2. The molecule has 0 aliphatic heterocycles. The number of nitrogens with zero attached hydrogens (tertiary/aromatic N) is 1. The third-order valence-corrected chi connectivity index (χ3v) is 2.75. The first kappa shape index (κ1) is 12.5. The number of rotatable bonds is 4. The van der Waals surface area contributed by atoms with Crippen molar-refractivity contribution in [2.75, 3.05) is 0 Å². The normalized spacial score (nSPS) is 12.5. The van der Waals surface area contributed by atoms with Crippen molar-refractivity contribution >= 4 is 33.2 Å². The van der Waals surface area contributed by atoms with Gasteiger partial charge in [0.25, 0.3) is 5.69 Å². The Morgan fingerprint density at radius 1 is 1.60 bits per heavy atom. The van der Waals surface area contributed by atoms with E-state index in [1.807, 2.05) is 6.92 Å². The van der Waals surface area contributed by atoms with Crippen molar-refractivity contribution in [3.63, 3.8) is 0 Å². The fraction of sp³-hybridized carbons (Fsp3) is 0.400. The number of nitro benzene ring substituents is 1. The molecule has 0 saturated carbocycles. The molecule has 0 aliphatic carbocycles. The van der Waals surface area contributed by atoms with Gasteiger partial charge in [-0.2, -0.15) is 0 Å². The van der Waals surface area contributed by atoms with Crippen molar-refractivity contribution < 1.29 is 4.92 Å². The summed E-state index contributed by atoms with van der Waals surface area (Å²) in [5.74, 6) is 0. The number of hydrogen-bond donors (Lipinski definition) is 0. The predicted octanol–water partition coefficient (Wildman–Crippen LogP) is 3.96. The maximum Gasteiger partial charge on any atom is 0.274 e. The number of halogens is 2. The van der Waals surface area contributed by atoms with Crippen LogP contribution in [0.4, 0.5) is 5.69 Å². The minimum atomic E-state index is -0.389. The lowest BCUT2D eigenvalue weighted by Gasteiger charge is -2.04. The summed E-state index contributed by atoms with van der Waals surface area (Å²) in [7, 11) is 0. The second-order valence-corrected chi connectivity index (χ2v) is 5.35. The second kappa shape index (κ2) is 5.47. The molecule has 0 spiro atoms. The van der Waals surface area contributed by atoms with Gasteiger partial charge in [0.1, 0.15) is 0 Å². The summed E-state index contributed by atoms with van der Waals surface area (Å²) in [4.78, 5) is 10.7. The molecule has 1 atom stereocenters. The van der Waals surface area contributed by atoms with E-state index in [2.05, 4.69) is 15.9 Å². The lowest BCUT2D eigenvalue weighted by molar-refractivity contribution is -0.385. The number of nitro groups is 1. The van der Waals surface area contributed by atoms with Crippen LogP contribution in [0.25, 0.3) is 0 Å². The minimum Gasteiger partial charge on any atom is -0.258 e. The molecule has 0 saturated heterocycles. The number of benzene rings is 1. The van der Waals surface area contributed by atoms with Crippen LogP contribution < -0.4 is 0 Å². The van der Waals surface area contributed by atoms with Gasteiger partial charge in [-0.15, -0.1) is 0 Å². The van der Waals surface area contributed by atoms with Gasteiger partial charge in [-0.1, -0.05) is 40.5 Å². The highest BCUT2D eigenvalue weighted by atomic mass is 79.9. The lowest BCUT2D eigenvalue weighted by atomic mass is 10.1. The summed E-state index contributed by atoms with van der Waals surface area (Å²) in [6.07, 6.45) is 1.54. The van der Waals surface area contributed by atoms with Gasteiger partial charge >= 0.3 is 0 Å². The van der Waals surface area contributed by atoms with Crippen LogP contribution in [0.3, 0.4) is 0 Å². The summed E-state index contributed by atoms with van der Waals surface area (Å²) >= 11 is 9.12. The molecule has 82 valence electrons. The number of aryl methyl sites for hydroxylation is 1. The van der Waals surface area contributed by atoms with Gasteiger partial charge < -0.3 is 0 Å². The Bertz CT molecular complexity index is 368. The second-order valence-electron chi connectivity index (χ2n) is 3.35. The van der Waals surface area contributed by atoms with Gasteiger partial charge in [0.15, 0.2) is 0 Å². The summed E-state index contributed by atoms with van der Waals surface area (Å²) < 4.78 is 0. The van der Waals surface area contributed by atoms with Crippen LogP contribution in [0, 0.1) is 10.1 Å². The Labute approximate surface area is 102 Å². The number of alkyl halides is 1. The standard InChI is InChI=1S/C10H11BrClNO2/c1-7(11)2-3-8-4-5-9(12)6-10(8)13(14)15/h4-7H,2-3H2,1H3. The van der Waals surface area contributed by atoms with E-state index in [0.717, 1.165) is 12.0 Å². The van der Waals surface area contributed by atoms with Crippen LogP contribution in [0.1, 0.15) is 18.9 Å². The third-order valence-electron chi connectivity index (χ3n) is 2.06. The molecule has 0 radical (unpaired) electrons. The van der Waals surface area contributed by atoms with Crippen molar-refractivity contribution in [2.24, 2.45) is 0 Å². The molecule has 1 aromatic carbocycles. The SMILES string of the molecule is CC(Br)CCc1ccc(Cl)cc1[N+](=O)[O-]. The van der Waals surface area contributed by atoms with Gasteiger partial charge in [-0.05, 0) is 18.9 Å². The molecule has 1 unspecified atom stereocenters. The maximum atomic E-state index is 10.8. The maximum absolute atomic E-state index is 10.8. The molecule has 0 amide bonds. The fourth-order valence-electron chi connectivity index (χ4n) is 1.27. The first-order chi connectivity index (χ1) is 7.00. The molecular weight excluding hydrogens is 281 g/mol. The van der Waals surface area contributed by atoms with Gasteiger partial charge in [-0.25, -0.2) is 0 Å². The fourth-order valence-corrected chi connectivity index (χ4v) is 1.67. The Morgan fingerprint density at radius 3 is 2.80 bits per heavy atom. The van der Waals surface area contributed by atoms with E-state index in [9.17, 15) is 10.1 Å². The average Bonchev–Trinajstić information content (AvgIpc) is 2.15. The van der Waals surface area contributed by atoms with Crippen LogP contribution in [0.15, 0.2) is 18.2 Å². The summed E-state index contributed by atoms with van der Waals surface area (Å²) in [6.45, 7) is 2.02. The molecule has 1 rings (SSSR count). The molecule has 0 fully saturated rings. The summed E-state index contributed by atoms with van der Waals surface area (Å²) in [6, 6.07) is 4.80. The highest BCUT2D eigenvalue weighted by molar-refractivity contribution is 9.09. The van der Waals surface area contributed by atoms with Crippen LogP contribution >= 0.6 is 27.5 Å². The van der Waals surface area contributed by atoms with E-state index in [4.69, 9.17) is 11.6 Å². The monoisotopic (exact) mass is 291 g/mol. The molecule has 5 heteroatoms. The van der Waals surface area contributed by atoms with Crippen molar-refractivity contribution in [3.8, 4) is 0 Å². The molecule has 0 N–H and O–H groups in total. The molecule has 0 aliphatic rings. The average molecular weight is 293 g/mol. The zero-order valence-corrected chi connectivity index (χ0v) is 10.6. The van der Waals surface area contributed by atoms with E-state index < -0.39 is 0 Å². The van der Waals surface area contributed by atoms with Crippen LogP contribution in [-0.2, 0) is 6.42 Å². The van der Waals surface area contributed by atoms with Gasteiger partial charge in [-0.3, -0.25) is 10.1 Å². The zero-order valence-electron chi connectivity index (χ0n) is 8.24. The Kier molecular flexibility index (Phi) is 4.54. The first-order valence-corrected chi connectivity index (χ1v) is 5.87. The smallest absolute Gasteiger partial charge is 0.258 e. The van der Waals surface area contributed by atoms with Crippen molar-refractivity contribution in [1.29, 1.82) is 0 Å². The Balaban J connectivity index is 2.91. The minimum absolute atomic E-state index is 0.107. The van der Waals surface area contributed by atoms with Gasteiger partial charge in [0.2, 0.25) is 0 Å². The van der Waals surface area contributed by atoms with Crippen molar-refractivity contribution in [1.82, 2.24) is 0 Å². The predicted molar refractivity (Wildman–Crippen MR) is 64.8 cm³/mol. The van der Waals surface area contributed by atoms with E-state index in [-0.39, 0.29) is 10.6 Å². The first-order valence-electron chi connectivity index (χ1n) is 4.57. The topological polar surface area (TPSA) is 43.1 Å². The molecule has 0 heterocycles.